The highest BCUT2D eigenvalue weighted by atomic mass is 16.6. The van der Waals surface area contributed by atoms with Gasteiger partial charge < -0.3 is 10.1 Å². The third-order valence-corrected chi connectivity index (χ3v) is 1.96. The molecule has 0 heterocycles. The van der Waals surface area contributed by atoms with Gasteiger partial charge in [0.2, 0.25) is 0 Å². The van der Waals surface area contributed by atoms with Crippen molar-refractivity contribution < 1.29 is 9.66 Å². The molecule has 0 aliphatic heterocycles. The maximum absolute atomic E-state index is 10.6. The molecule has 0 aliphatic carbocycles. The SMILES string of the molecule is CCCNc1cc([N+](=O)[O-])ccc1OC. The first-order valence-electron chi connectivity index (χ1n) is 4.75. The molecule has 82 valence electrons. The van der Waals surface area contributed by atoms with Gasteiger partial charge in [0.05, 0.1) is 17.7 Å². The normalized spacial score (nSPS) is 9.73. The average molecular weight is 210 g/mol. The summed E-state index contributed by atoms with van der Waals surface area (Å²) in [5.74, 6) is 0.619. The molecule has 15 heavy (non-hydrogen) atoms. The van der Waals surface area contributed by atoms with Gasteiger partial charge in [-0.05, 0) is 12.5 Å². The van der Waals surface area contributed by atoms with E-state index >= 15 is 0 Å². The highest BCUT2D eigenvalue weighted by Gasteiger charge is 2.10. The zero-order valence-corrected chi connectivity index (χ0v) is 8.82. The molecule has 0 saturated heterocycles. The Morgan fingerprint density at radius 1 is 1.53 bits per heavy atom. The number of benzene rings is 1. The van der Waals surface area contributed by atoms with Gasteiger partial charge in [0.25, 0.3) is 5.69 Å². The predicted molar refractivity (Wildman–Crippen MR) is 58.4 cm³/mol. The molecule has 0 spiro atoms. The Bertz CT molecular complexity index is 353. The van der Waals surface area contributed by atoms with Crippen LogP contribution in [-0.4, -0.2) is 18.6 Å². The number of nitrogens with zero attached hydrogens (tertiary/aromatic N) is 1. The molecule has 1 aromatic rings. The molecule has 5 nitrogen and oxygen atoms in total. The zero-order chi connectivity index (χ0) is 11.3. The summed E-state index contributed by atoms with van der Waals surface area (Å²) in [4.78, 5) is 10.1. The molecular formula is C10H14N2O3. The highest BCUT2D eigenvalue weighted by molar-refractivity contribution is 5.61. The predicted octanol–water partition coefficient (Wildman–Crippen LogP) is 2.43. The van der Waals surface area contributed by atoms with Gasteiger partial charge in [-0.1, -0.05) is 6.92 Å². The Hall–Kier alpha value is -1.78. The Kier molecular flexibility index (Phi) is 3.91. The molecular weight excluding hydrogens is 196 g/mol. The largest absolute Gasteiger partial charge is 0.495 e. The van der Waals surface area contributed by atoms with Gasteiger partial charge in [0.15, 0.2) is 0 Å². The number of non-ortho nitro benzene ring substituents is 1. The summed E-state index contributed by atoms with van der Waals surface area (Å²) in [5, 5.41) is 13.6. The van der Waals surface area contributed by atoms with Crippen LogP contribution in [0.5, 0.6) is 5.75 Å². The molecule has 0 atom stereocenters. The van der Waals surface area contributed by atoms with Crippen molar-refractivity contribution in [2.75, 3.05) is 19.0 Å². The number of hydrogen-bond acceptors (Lipinski definition) is 4. The molecule has 0 fully saturated rings. The van der Waals surface area contributed by atoms with Crippen molar-refractivity contribution in [3.8, 4) is 5.75 Å². The van der Waals surface area contributed by atoms with E-state index in [0.717, 1.165) is 13.0 Å². The second kappa shape index (κ2) is 5.19. The average Bonchev–Trinajstić information content (AvgIpc) is 2.25. The lowest BCUT2D eigenvalue weighted by molar-refractivity contribution is -0.384. The topological polar surface area (TPSA) is 64.4 Å². The number of hydrogen-bond donors (Lipinski definition) is 1. The highest BCUT2D eigenvalue weighted by Crippen LogP contribution is 2.28. The minimum atomic E-state index is -0.420. The maximum atomic E-state index is 10.6. The van der Waals surface area contributed by atoms with Crippen molar-refractivity contribution in [2.45, 2.75) is 13.3 Å². The van der Waals surface area contributed by atoms with Gasteiger partial charge in [-0.3, -0.25) is 10.1 Å². The number of nitro benzene ring substituents is 1. The molecule has 1 N–H and O–H groups in total. The van der Waals surface area contributed by atoms with Crippen LogP contribution in [0.4, 0.5) is 11.4 Å². The summed E-state index contributed by atoms with van der Waals surface area (Å²) in [6, 6.07) is 4.50. The van der Waals surface area contributed by atoms with E-state index in [9.17, 15) is 10.1 Å². The summed E-state index contributed by atoms with van der Waals surface area (Å²) >= 11 is 0. The molecule has 0 radical (unpaired) electrons. The fourth-order valence-corrected chi connectivity index (χ4v) is 1.21. The third kappa shape index (κ3) is 2.83. The lowest BCUT2D eigenvalue weighted by Gasteiger charge is -2.09. The van der Waals surface area contributed by atoms with Gasteiger partial charge in [-0.25, -0.2) is 0 Å². The van der Waals surface area contributed by atoms with E-state index < -0.39 is 4.92 Å². The molecule has 1 aromatic carbocycles. The van der Waals surface area contributed by atoms with E-state index in [1.807, 2.05) is 6.92 Å². The Balaban J connectivity index is 2.96. The lowest BCUT2D eigenvalue weighted by Crippen LogP contribution is -2.02. The summed E-state index contributed by atoms with van der Waals surface area (Å²) in [7, 11) is 1.54. The van der Waals surface area contributed by atoms with Crippen molar-refractivity contribution in [2.24, 2.45) is 0 Å². The van der Waals surface area contributed by atoms with Crippen LogP contribution in [0.3, 0.4) is 0 Å². The van der Waals surface area contributed by atoms with Crippen molar-refractivity contribution in [1.82, 2.24) is 0 Å². The molecule has 0 unspecified atom stereocenters. The molecule has 0 saturated carbocycles. The van der Waals surface area contributed by atoms with Gasteiger partial charge in [-0.2, -0.15) is 0 Å². The van der Waals surface area contributed by atoms with Crippen LogP contribution in [0.15, 0.2) is 18.2 Å². The van der Waals surface area contributed by atoms with Gasteiger partial charge >= 0.3 is 0 Å². The number of nitro groups is 1. The number of nitrogens with one attached hydrogen (secondary N) is 1. The van der Waals surface area contributed by atoms with E-state index in [1.54, 1.807) is 6.07 Å². The third-order valence-electron chi connectivity index (χ3n) is 1.96. The van der Waals surface area contributed by atoms with Gasteiger partial charge in [-0.15, -0.1) is 0 Å². The number of rotatable bonds is 5. The molecule has 0 amide bonds. The Morgan fingerprint density at radius 2 is 2.27 bits per heavy atom. The Labute approximate surface area is 88.2 Å². The molecule has 0 aromatic heterocycles. The van der Waals surface area contributed by atoms with Crippen LogP contribution in [0.25, 0.3) is 0 Å². The van der Waals surface area contributed by atoms with E-state index in [4.69, 9.17) is 4.74 Å². The minimum Gasteiger partial charge on any atom is -0.495 e. The summed E-state index contributed by atoms with van der Waals surface area (Å²) < 4.78 is 5.09. The fourth-order valence-electron chi connectivity index (χ4n) is 1.21. The number of methoxy groups -OCH3 is 1. The van der Waals surface area contributed by atoms with Crippen LogP contribution in [0.2, 0.25) is 0 Å². The van der Waals surface area contributed by atoms with E-state index in [0.29, 0.717) is 11.4 Å². The lowest BCUT2D eigenvalue weighted by atomic mass is 10.2. The summed E-state index contributed by atoms with van der Waals surface area (Å²) in [6.07, 6.45) is 0.950. The zero-order valence-electron chi connectivity index (χ0n) is 8.82. The Morgan fingerprint density at radius 3 is 2.80 bits per heavy atom. The van der Waals surface area contributed by atoms with Crippen LogP contribution >= 0.6 is 0 Å². The van der Waals surface area contributed by atoms with Crippen LogP contribution in [0.1, 0.15) is 13.3 Å². The van der Waals surface area contributed by atoms with E-state index in [-0.39, 0.29) is 5.69 Å². The van der Waals surface area contributed by atoms with Crippen LogP contribution in [0, 0.1) is 10.1 Å². The molecule has 5 heteroatoms. The number of anilines is 1. The first-order chi connectivity index (χ1) is 7.19. The standard InChI is InChI=1S/C10H14N2O3/c1-3-6-11-9-7-8(12(13)14)4-5-10(9)15-2/h4-5,7,11H,3,6H2,1-2H3. The fraction of sp³-hybridized carbons (Fsp3) is 0.400. The van der Waals surface area contributed by atoms with Gasteiger partial charge in [0.1, 0.15) is 5.75 Å². The van der Waals surface area contributed by atoms with Crippen molar-refractivity contribution in [1.29, 1.82) is 0 Å². The first kappa shape index (κ1) is 11.3. The minimum absolute atomic E-state index is 0.0643. The smallest absolute Gasteiger partial charge is 0.271 e. The monoisotopic (exact) mass is 210 g/mol. The number of ether oxygens (including phenoxy) is 1. The molecule has 0 aliphatic rings. The van der Waals surface area contributed by atoms with Crippen molar-refractivity contribution in [3.05, 3.63) is 28.3 Å². The summed E-state index contributed by atoms with van der Waals surface area (Å²) in [6.45, 7) is 2.79. The van der Waals surface area contributed by atoms with E-state index in [1.165, 1.54) is 19.2 Å². The molecule has 0 bridgehead atoms. The van der Waals surface area contributed by atoms with Crippen LogP contribution < -0.4 is 10.1 Å². The van der Waals surface area contributed by atoms with Crippen molar-refractivity contribution in [3.63, 3.8) is 0 Å². The van der Waals surface area contributed by atoms with Gasteiger partial charge in [0, 0.05) is 18.7 Å². The molecule has 1 rings (SSSR count). The second-order valence-electron chi connectivity index (χ2n) is 3.07. The second-order valence-corrected chi connectivity index (χ2v) is 3.07. The van der Waals surface area contributed by atoms with E-state index in [2.05, 4.69) is 5.32 Å². The maximum Gasteiger partial charge on any atom is 0.271 e. The van der Waals surface area contributed by atoms with Crippen LogP contribution in [-0.2, 0) is 0 Å². The van der Waals surface area contributed by atoms with Crippen molar-refractivity contribution >= 4 is 11.4 Å². The summed E-state index contributed by atoms with van der Waals surface area (Å²) in [5.41, 5.74) is 0.725. The quantitative estimate of drug-likeness (QED) is 0.598. The first-order valence-corrected chi connectivity index (χ1v) is 4.75.